The third-order valence-electron chi connectivity index (χ3n) is 0. The number of hydrogen-bond donors (Lipinski definition) is 0. The van der Waals surface area contributed by atoms with Crippen molar-refractivity contribution in [2.24, 2.45) is 0 Å². The molecule has 0 N–H and O–H groups in total. The third kappa shape index (κ3) is 35500. The van der Waals surface area contributed by atoms with E-state index < -0.39 is 54.9 Å². The minimum absolute atomic E-state index is 0. The average molecular weight is 613 g/mol. The molecule has 0 aromatic heterocycles. The Hall–Kier alpha value is 1.24. The van der Waals surface area contributed by atoms with Gasteiger partial charge in [-0.15, -0.1) is 54.9 Å². The molecule has 0 saturated heterocycles. The van der Waals surface area contributed by atoms with Gasteiger partial charge in [0.2, 0.25) is 0 Å². The zero-order valence-corrected chi connectivity index (χ0v) is 32.1. The summed E-state index contributed by atoms with van der Waals surface area (Å²) in [5.41, 5.74) is 0. The van der Waals surface area contributed by atoms with Gasteiger partial charge in [0.05, 0.1) is 0 Å². The van der Waals surface area contributed by atoms with Crippen LogP contribution in [-0.4, -0.2) is 107 Å². The predicted molar refractivity (Wildman–Crippen MR) is 153 cm³/mol. The van der Waals surface area contributed by atoms with Gasteiger partial charge in [0, 0.05) is 0 Å². The summed E-state index contributed by atoms with van der Waals surface area (Å²) < 4.78 is 0. The molecule has 12 heteroatoms. The number of hydrogen-bond acceptors (Lipinski definition) is 9. The molecule has 0 amide bonds. The Bertz CT molecular complexity index is 173. The monoisotopic (exact) mass is 612 g/mol. The van der Waals surface area contributed by atoms with Crippen LogP contribution >= 0.6 is 0 Å². The molecule has 0 rings (SSSR count). The van der Waals surface area contributed by atoms with Crippen molar-refractivity contribution in [1.29, 1.82) is 0 Å². The van der Waals surface area contributed by atoms with Crippen LogP contribution in [0.3, 0.4) is 0 Å². The van der Waals surface area contributed by atoms with Crippen molar-refractivity contribution in [2.75, 3.05) is 0 Å². The van der Waals surface area contributed by atoms with E-state index in [0.29, 0.717) is 0 Å². The van der Waals surface area contributed by atoms with E-state index in [4.69, 9.17) is 0 Å². The SMILES string of the molecule is CC(C)[O-].CC(C)[O-].CC(C)[O-].CC(C)[O-].CC(C)[O-].CC(C)[O-].CC(C)[O-].CC(C)[O-].CC(C)[O-].[Al+3].[Al+3].[Al+3]. The molecule has 0 saturated carbocycles. The molecule has 0 bridgehead atoms. The van der Waals surface area contributed by atoms with E-state index in [2.05, 4.69) is 0 Å². The molecule has 9 nitrogen and oxygen atoms in total. The van der Waals surface area contributed by atoms with Gasteiger partial charge in [-0.1, -0.05) is 125 Å². The van der Waals surface area contributed by atoms with E-state index >= 15 is 0 Å². The van der Waals surface area contributed by atoms with Crippen LogP contribution < -0.4 is 46.0 Å². The van der Waals surface area contributed by atoms with Gasteiger partial charge < -0.3 is 46.0 Å². The zero-order chi connectivity index (χ0) is 32.2. The second kappa shape index (κ2) is 71.9. The van der Waals surface area contributed by atoms with Crippen LogP contribution in [0.5, 0.6) is 0 Å². The molecule has 0 unspecified atom stereocenters. The minimum Gasteiger partial charge on any atom is -0.852 e. The summed E-state index contributed by atoms with van der Waals surface area (Å²) in [6.07, 6.45) is -3.75. The van der Waals surface area contributed by atoms with Crippen molar-refractivity contribution in [3.8, 4) is 0 Å². The largest absolute Gasteiger partial charge is 3.00 e. The van der Waals surface area contributed by atoms with E-state index in [-0.39, 0.29) is 52.1 Å². The van der Waals surface area contributed by atoms with Crippen LogP contribution in [-0.2, 0) is 0 Å². The normalized spacial score (nSPS) is 8.31. The van der Waals surface area contributed by atoms with Gasteiger partial charge in [-0.2, -0.15) is 0 Å². The van der Waals surface area contributed by atoms with E-state index in [9.17, 15) is 46.0 Å². The van der Waals surface area contributed by atoms with Crippen molar-refractivity contribution < 1.29 is 46.0 Å². The maximum Gasteiger partial charge on any atom is 3.00 e. The zero-order valence-electron chi connectivity index (χ0n) is 28.6. The predicted octanol–water partition coefficient (Wildman–Crippen LogP) is -3.35. The summed E-state index contributed by atoms with van der Waals surface area (Å²) in [7, 11) is 0. The fourth-order valence-corrected chi connectivity index (χ4v) is 0. The summed E-state index contributed by atoms with van der Waals surface area (Å²) in [5, 5.41) is 85.8. The van der Waals surface area contributed by atoms with Gasteiger partial charge in [-0.05, 0) is 0 Å². The first-order valence-electron chi connectivity index (χ1n) is 12.5. The van der Waals surface area contributed by atoms with Crippen molar-refractivity contribution >= 4 is 52.1 Å². The first kappa shape index (κ1) is 77.7. The van der Waals surface area contributed by atoms with Crippen LogP contribution in [0, 0.1) is 0 Å². The molecule has 0 atom stereocenters. The Kier molecular flexibility index (Phi) is 143. The van der Waals surface area contributed by atoms with Crippen LogP contribution in [0.4, 0.5) is 0 Å². The molecule has 0 radical (unpaired) electrons. The second-order valence-corrected chi connectivity index (χ2v) is 9.44. The Morgan fingerprint density at radius 3 is 0.179 bits per heavy atom. The van der Waals surface area contributed by atoms with Crippen LogP contribution in [0.2, 0.25) is 0 Å². The maximum absolute atomic E-state index is 9.53. The Labute approximate surface area is 276 Å². The molecule has 0 heterocycles. The van der Waals surface area contributed by atoms with Gasteiger partial charge >= 0.3 is 52.1 Å². The fraction of sp³-hybridized carbons (Fsp3) is 1.00. The van der Waals surface area contributed by atoms with Gasteiger partial charge in [-0.3, -0.25) is 0 Å². The molecule has 39 heavy (non-hydrogen) atoms. The summed E-state index contributed by atoms with van der Waals surface area (Å²) in [4.78, 5) is 0. The molecule has 0 aromatic carbocycles. The fourth-order valence-electron chi connectivity index (χ4n) is 0. The van der Waals surface area contributed by atoms with Gasteiger partial charge in [-0.25, -0.2) is 0 Å². The Balaban J connectivity index is -0.0000000208. The van der Waals surface area contributed by atoms with E-state index in [1.54, 1.807) is 125 Å². The first-order chi connectivity index (χ1) is 15.6. The van der Waals surface area contributed by atoms with Crippen molar-refractivity contribution in [1.82, 2.24) is 0 Å². The molecule has 234 valence electrons. The van der Waals surface area contributed by atoms with Gasteiger partial charge in [0.25, 0.3) is 0 Å². The van der Waals surface area contributed by atoms with Gasteiger partial charge in [0.1, 0.15) is 0 Å². The molecule has 0 fully saturated rings. The van der Waals surface area contributed by atoms with Crippen molar-refractivity contribution in [3.05, 3.63) is 0 Å². The maximum atomic E-state index is 9.53. The average Bonchev–Trinajstić information content (AvgIpc) is 2.39. The van der Waals surface area contributed by atoms with E-state index in [1.807, 2.05) is 0 Å². The number of rotatable bonds is 0. The van der Waals surface area contributed by atoms with Gasteiger partial charge in [0.15, 0.2) is 0 Å². The summed E-state index contributed by atoms with van der Waals surface area (Å²) >= 11 is 0. The Morgan fingerprint density at radius 2 is 0.179 bits per heavy atom. The van der Waals surface area contributed by atoms with Crippen LogP contribution in [0.1, 0.15) is 125 Å². The van der Waals surface area contributed by atoms with E-state index in [0.717, 1.165) is 0 Å². The molecule has 0 aliphatic carbocycles. The summed E-state index contributed by atoms with van der Waals surface area (Å²) in [6, 6.07) is 0. The first-order valence-corrected chi connectivity index (χ1v) is 12.5. The topological polar surface area (TPSA) is 208 Å². The molecule has 0 aliphatic rings. The molecular weight excluding hydrogens is 549 g/mol. The third-order valence-corrected chi connectivity index (χ3v) is 0. The summed E-state index contributed by atoms with van der Waals surface area (Å²) in [5.74, 6) is 0. The van der Waals surface area contributed by atoms with E-state index in [1.165, 1.54) is 0 Å². The quantitative estimate of drug-likeness (QED) is 0.250. The van der Waals surface area contributed by atoms with Crippen LogP contribution in [0.25, 0.3) is 0 Å². The second-order valence-electron chi connectivity index (χ2n) is 9.44. The van der Waals surface area contributed by atoms with Crippen molar-refractivity contribution in [3.63, 3.8) is 0 Å². The molecule has 0 aromatic rings. The summed E-state index contributed by atoms with van der Waals surface area (Å²) in [6.45, 7) is 29.0. The standard InChI is InChI=1S/9C3H7O.3Al/c9*1-3(2)4;;;/h9*3H,1-2H3;;;/q9*-1;3*+3. The Morgan fingerprint density at radius 1 is 0.179 bits per heavy atom. The smallest absolute Gasteiger partial charge is 0.852 e. The van der Waals surface area contributed by atoms with Crippen molar-refractivity contribution in [2.45, 2.75) is 180 Å². The molecule has 0 spiro atoms. The minimum atomic E-state index is -0.417. The van der Waals surface area contributed by atoms with Crippen LogP contribution in [0.15, 0.2) is 0 Å². The molecular formula is C27H63Al3O9. The molecule has 0 aliphatic heterocycles.